The molecule has 2 aromatic heterocycles. The maximum atomic E-state index is 8.91. The lowest BCUT2D eigenvalue weighted by molar-refractivity contribution is 0.699. The van der Waals surface area contributed by atoms with Crippen LogP contribution in [0, 0.1) is 25.2 Å². The number of nitriles is 1. The number of nitrogens with zero attached hydrogens (tertiary/aromatic N) is 4. The first-order valence-electron chi connectivity index (χ1n) is 6.73. The lowest BCUT2D eigenvalue weighted by atomic mass is 10.0. The van der Waals surface area contributed by atoms with E-state index in [2.05, 4.69) is 33.9 Å². The Morgan fingerprint density at radius 3 is 2.80 bits per heavy atom. The molecule has 0 amide bonds. The van der Waals surface area contributed by atoms with Crippen LogP contribution in [-0.2, 0) is 13.0 Å². The fourth-order valence-electron chi connectivity index (χ4n) is 2.69. The predicted octanol–water partition coefficient (Wildman–Crippen LogP) is 2.53. The van der Waals surface area contributed by atoms with Crippen molar-refractivity contribution in [3.05, 3.63) is 52.5 Å². The van der Waals surface area contributed by atoms with Gasteiger partial charge >= 0.3 is 0 Å². The molecule has 0 fully saturated rings. The summed E-state index contributed by atoms with van der Waals surface area (Å²) in [5.74, 6) is 0.969. The van der Waals surface area contributed by atoms with E-state index in [1.807, 2.05) is 19.2 Å². The van der Waals surface area contributed by atoms with Crippen molar-refractivity contribution in [2.24, 2.45) is 0 Å². The van der Waals surface area contributed by atoms with Gasteiger partial charge in [-0.3, -0.25) is 4.98 Å². The Bertz CT molecular complexity index is 700. The number of fused-ring (bicyclic) bond motifs is 1. The van der Waals surface area contributed by atoms with Crippen LogP contribution in [0.5, 0.6) is 0 Å². The van der Waals surface area contributed by atoms with Crippen molar-refractivity contribution < 1.29 is 0 Å². The molecule has 0 N–H and O–H groups in total. The third-order valence-corrected chi connectivity index (χ3v) is 3.66. The summed E-state index contributed by atoms with van der Waals surface area (Å²) < 4.78 is 0. The summed E-state index contributed by atoms with van der Waals surface area (Å²) in [4.78, 5) is 11.2. The zero-order chi connectivity index (χ0) is 14.1. The highest BCUT2D eigenvalue weighted by Crippen LogP contribution is 2.25. The molecule has 100 valence electrons. The first-order chi connectivity index (χ1) is 9.67. The largest absolute Gasteiger partial charge is 0.352 e. The molecule has 3 heterocycles. The number of aromatic nitrogens is 2. The molecule has 20 heavy (non-hydrogen) atoms. The second-order valence-electron chi connectivity index (χ2n) is 5.27. The van der Waals surface area contributed by atoms with E-state index in [1.54, 1.807) is 6.20 Å². The molecule has 1 aliphatic heterocycles. The van der Waals surface area contributed by atoms with Gasteiger partial charge in [-0.15, -0.1) is 0 Å². The molecule has 0 radical (unpaired) electrons. The predicted molar refractivity (Wildman–Crippen MR) is 77.4 cm³/mol. The first-order valence-corrected chi connectivity index (χ1v) is 6.73. The summed E-state index contributed by atoms with van der Waals surface area (Å²) in [5, 5.41) is 8.91. The van der Waals surface area contributed by atoms with Gasteiger partial charge in [-0.1, -0.05) is 6.07 Å². The van der Waals surface area contributed by atoms with Crippen LogP contribution in [-0.4, -0.2) is 16.5 Å². The molecule has 2 aromatic rings. The van der Waals surface area contributed by atoms with Crippen LogP contribution in [0.1, 0.15) is 27.9 Å². The molecule has 0 aliphatic carbocycles. The average molecular weight is 264 g/mol. The average Bonchev–Trinajstić information content (AvgIpc) is 2.46. The van der Waals surface area contributed by atoms with Crippen LogP contribution in [0.25, 0.3) is 0 Å². The van der Waals surface area contributed by atoms with Crippen molar-refractivity contribution in [1.82, 2.24) is 9.97 Å². The minimum absolute atomic E-state index is 0.612. The van der Waals surface area contributed by atoms with Crippen LogP contribution in [0.15, 0.2) is 24.5 Å². The topological polar surface area (TPSA) is 52.8 Å². The highest BCUT2D eigenvalue weighted by molar-refractivity contribution is 5.51. The van der Waals surface area contributed by atoms with Gasteiger partial charge in [0.15, 0.2) is 0 Å². The van der Waals surface area contributed by atoms with Crippen molar-refractivity contribution in [2.45, 2.75) is 26.8 Å². The minimum Gasteiger partial charge on any atom is -0.352 e. The van der Waals surface area contributed by atoms with Crippen molar-refractivity contribution >= 4 is 5.82 Å². The second-order valence-corrected chi connectivity index (χ2v) is 5.27. The van der Waals surface area contributed by atoms with Crippen LogP contribution in [0.3, 0.4) is 0 Å². The Hall–Kier alpha value is -2.41. The zero-order valence-corrected chi connectivity index (χ0v) is 11.7. The quantitative estimate of drug-likeness (QED) is 0.794. The standard InChI is InChI=1S/C16H16N4/c1-11-5-14-10-20(4-3-15(14)18-8-11)16-12(2)6-13(7-17)9-19-16/h5-6,8-9H,3-4,10H2,1-2H3. The van der Waals surface area contributed by atoms with Gasteiger partial charge in [0, 0.05) is 37.6 Å². The molecule has 0 saturated heterocycles. The highest BCUT2D eigenvalue weighted by atomic mass is 15.2. The van der Waals surface area contributed by atoms with Gasteiger partial charge in [-0.05, 0) is 36.6 Å². The Balaban J connectivity index is 1.92. The maximum absolute atomic E-state index is 8.91. The molecular weight excluding hydrogens is 248 g/mol. The number of rotatable bonds is 1. The normalized spacial score (nSPS) is 13.8. The monoisotopic (exact) mass is 264 g/mol. The summed E-state index contributed by atoms with van der Waals surface area (Å²) in [6, 6.07) is 6.23. The molecule has 3 rings (SSSR count). The van der Waals surface area contributed by atoms with Gasteiger partial charge in [0.25, 0.3) is 0 Å². The zero-order valence-electron chi connectivity index (χ0n) is 11.7. The maximum Gasteiger partial charge on any atom is 0.131 e. The second kappa shape index (κ2) is 4.93. The van der Waals surface area contributed by atoms with Gasteiger partial charge in [0.1, 0.15) is 11.9 Å². The fraction of sp³-hybridized carbons (Fsp3) is 0.312. The number of aryl methyl sites for hydroxylation is 2. The molecule has 4 heteroatoms. The van der Waals surface area contributed by atoms with E-state index in [4.69, 9.17) is 5.26 Å². The van der Waals surface area contributed by atoms with Gasteiger partial charge in [-0.25, -0.2) is 4.98 Å². The summed E-state index contributed by atoms with van der Waals surface area (Å²) in [5.41, 5.74) is 5.32. The third kappa shape index (κ3) is 2.23. The van der Waals surface area contributed by atoms with Crippen LogP contribution in [0.2, 0.25) is 0 Å². The molecule has 1 aliphatic rings. The summed E-state index contributed by atoms with van der Waals surface area (Å²) in [6.45, 7) is 5.83. The smallest absolute Gasteiger partial charge is 0.131 e. The fourth-order valence-corrected chi connectivity index (χ4v) is 2.69. The SMILES string of the molecule is Cc1cnc2c(c1)CN(c1ncc(C#N)cc1C)CC2. The molecule has 0 spiro atoms. The van der Waals surface area contributed by atoms with Crippen molar-refractivity contribution in [3.8, 4) is 6.07 Å². The molecule has 0 unspecified atom stereocenters. The number of hydrogen-bond acceptors (Lipinski definition) is 4. The number of pyridine rings is 2. The van der Waals surface area contributed by atoms with Crippen LogP contribution < -0.4 is 4.90 Å². The van der Waals surface area contributed by atoms with Crippen LogP contribution in [0.4, 0.5) is 5.82 Å². The lowest BCUT2D eigenvalue weighted by Gasteiger charge is -2.30. The number of anilines is 1. The molecule has 0 bridgehead atoms. The number of hydrogen-bond donors (Lipinski definition) is 0. The Labute approximate surface area is 118 Å². The minimum atomic E-state index is 0.612. The highest BCUT2D eigenvalue weighted by Gasteiger charge is 2.19. The third-order valence-electron chi connectivity index (χ3n) is 3.66. The first kappa shape index (κ1) is 12.6. The molecular formula is C16H16N4. The van der Waals surface area contributed by atoms with E-state index < -0.39 is 0 Å². The Kier molecular flexibility index (Phi) is 3.11. The van der Waals surface area contributed by atoms with Gasteiger partial charge in [-0.2, -0.15) is 5.26 Å². The van der Waals surface area contributed by atoms with Crippen molar-refractivity contribution in [1.29, 1.82) is 5.26 Å². The van der Waals surface area contributed by atoms with Crippen LogP contribution >= 0.6 is 0 Å². The van der Waals surface area contributed by atoms with E-state index >= 15 is 0 Å². The van der Waals surface area contributed by atoms with E-state index in [-0.39, 0.29) is 0 Å². The van der Waals surface area contributed by atoms with Gasteiger partial charge in [0.2, 0.25) is 0 Å². The lowest BCUT2D eigenvalue weighted by Crippen LogP contribution is -2.32. The Morgan fingerprint density at radius 1 is 1.20 bits per heavy atom. The summed E-state index contributed by atoms with van der Waals surface area (Å²) in [7, 11) is 0. The van der Waals surface area contributed by atoms with Crippen molar-refractivity contribution in [3.63, 3.8) is 0 Å². The molecule has 0 atom stereocenters. The van der Waals surface area contributed by atoms with Crippen molar-refractivity contribution in [2.75, 3.05) is 11.4 Å². The van der Waals surface area contributed by atoms with Gasteiger partial charge < -0.3 is 4.90 Å². The molecule has 4 nitrogen and oxygen atoms in total. The van der Waals surface area contributed by atoms with E-state index in [1.165, 1.54) is 16.8 Å². The molecule has 0 aromatic carbocycles. The van der Waals surface area contributed by atoms with E-state index in [9.17, 15) is 0 Å². The van der Waals surface area contributed by atoms with E-state index in [0.29, 0.717) is 5.56 Å². The summed E-state index contributed by atoms with van der Waals surface area (Å²) in [6.07, 6.45) is 4.52. The molecule has 0 saturated carbocycles. The van der Waals surface area contributed by atoms with E-state index in [0.717, 1.165) is 30.9 Å². The van der Waals surface area contributed by atoms with Gasteiger partial charge in [0.05, 0.1) is 5.56 Å². The Morgan fingerprint density at radius 2 is 2.05 bits per heavy atom. The summed E-state index contributed by atoms with van der Waals surface area (Å²) >= 11 is 0.